The maximum absolute atomic E-state index is 14.4. The third-order valence-electron chi connectivity index (χ3n) is 9.24. The molecule has 0 aromatic heterocycles. The lowest BCUT2D eigenvalue weighted by molar-refractivity contribution is -0.144. The number of nitrogens with one attached hydrogen (secondary N) is 3. The fourth-order valence-electron chi connectivity index (χ4n) is 6.43. The predicted molar refractivity (Wildman–Crippen MR) is 153 cm³/mol. The zero-order chi connectivity index (χ0) is 29.8. The van der Waals surface area contributed by atoms with Crippen molar-refractivity contribution in [1.82, 2.24) is 20.9 Å². The molecule has 0 radical (unpaired) electrons. The number of carbonyl (C=O) groups is 5. The van der Waals surface area contributed by atoms with Crippen molar-refractivity contribution in [1.29, 1.82) is 0 Å². The first-order chi connectivity index (χ1) is 18.6. The third-order valence-corrected chi connectivity index (χ3v) is 9.24. The summed E-state index contributed by atoms with van der Waals surface area (Å²) in [6.45, 7) is 12.2. The standard InChI is InChI=1S/C30H51N5O5/c1-18(2)20-16-22(26(38)32-21(23(36)25(31)37)15-19-11-10-12-19)35(17-20)27(39)24(30(6)13-8-7-9-14-30)33-28(40)34-29(3,4)5/h18-22,24H,7-17H2,1-6H3,(H2,31,37)(H,32,38)(H2,33,34,40)/t20-,21?,22+,24-/m1/s1. The van der Waals surface area contributed by atoms with E-state index in [9.17, 15) is 24.0 Å². The molecule has 1 aliphatic heterocycles. The van der Waals surface area contributed by atoms with Gasteiger partial charge in [-0.2, -0.15) is 0 Å². The van der Waals surface area contributed by atoms with Gasteiger partial charge in [0, 0.05) is 12.1 Å². The summed E-state index contributed by atoms with van der Waals surface area (Å²) in [6, 6.07) is -3.00. The number of urea groups is 1. The van der Waals surface area contributed by atoms with E-state index in [0.29, 0.717) is 19.4 Å². The highest BCUT2D eigenvalue weighted by atomic mass is 16.2. The van der Waals surface area contributed by atoms with Crippen LogP contribution in [0.2, 0.25) is 0 Å². The van der Waals surface area contributed by atoms with E-state index in [2.05, 4.69) is 36.7 Å². The molecule has 10 nitrogen and oxygen atoms in total. The van der Waals surface area contributed by atoms with E-state index >= 15 is 0 Å². The summed E-state index contributed by atoms with van der Waals surface area (Å²) in [6.07, 6.45) is 8.42. The van der Waals surface area contributed by atoms with Gasteiger partial charge in [0.05, 0.1) is 6.04 Å². The second-order valence-corrected chi connectivity index (χ2v) is 14.1. The minimum atomic E-state index is -1.07. The summed E-state index contributed by atoms with van der Waals surface area (Å²) in [5.74, 6) is -2.00. The normalized spacial score (nSPS) is 24.5. The molecule has 5 N–H and O–H groups in total. The Kier molecular flexibility index (Phi) is 10.3. The zero-order valence-electron chi connectivity index (χ0n) is 25.3. The second-order valence-electron chi connectivity index (χ2n) is 14.1. The fraction of sp³-hybridized carbons (Fsp3) is 0.833. The Hall–Kier alpha value is -2.65. The number of amides is 5. The maximum atomic E-state index is 14.4. The van der Waals surface area contributed by atoms with Crippen LogP contribution < -0.4 is 21.7 Å². The molecule has 2 saturated carbocycles. The van der Waals surface area contributed by atoms with Gasteiger partial charge < -0.3 is 26.6 Å². The molecule has 2 aliphatic carbocycles. The Morgan fingerprint density at radius 3 is 2.10 bits per heavy atom. The van der Waals surface area contributed by atoms with Crippen LogP contribution in [0.1, 0.15) is 106 Å². The van der Waals surface area contributed by atoms with Crippen molar-refractivity contribution in [2.24, 2.45) is 28.9 Å². The van der Waals surface area contributed by atoms with E-state index in [1.807, 2.05) is 20.8 Å². The number of nitrogens with zero attached hydrogens (tertiary/aromatic N) is 1. The molecule has 1 saturated heterocycles. The van der Waals surface area contributed by atoms with E-state index in [-0.39, 0.29) is 23.7 Å². The van der Waals surface area contributed by atoms with Gasteiger partial charge in [0.2, 0.25) is 17.6 Å². The first-order valence-corrected chi connectivity index (χ1v) is 15.1. The quantitative estimate of drug-likeness (QED) is 0.302. The summed E-state index contributed by atoms with van der Waals surface area (Å²) < 4.78 is 0. The van der Waals surface area contributed by atoms with Crippen molar-refractivity contribution in [3.8, 4) is 0 Å². The number of hydrogen-bond donors (Lipinski definition) is 4. The highest BCUT2D eigenvalue weighted by molar-refractivity contribution is 6.37. The number of Topliss-reactive ketones (excluding diaryl/α,β-unsaturated/α-hetero) is 1. The summed E-state index contributed by atoms with van der Waals surface area (Å²) in [5.41, 5.74) is 4.39. The first-order valence-electron chi connectivity index (χ1n) is 15.1. The van der Waals surface area contributed by atoms with Crippen molar-refractivity contribution in [2.75, 3.05) is 6.54 Å². The van der Waals surface area contributed by atoms with Crippen LogP contribution in [0.25, 0.3) is 0 Å². The molecule has 0 aromatic rings. The summed E-state index contributed by atoms with van der Waals surface area (Å²) in [4.78, 5) is 67.1. The molecule has 0 spiro atoms. The van der Waals surface area contributed by atoms with Gasteiger partial charge in [-0.25, -0.2) is 4.79 Å². The molecule has 1 unspecified atom stereocenters. The molecular weight excluding hydrogens is 510 g/mol. The van der Waals surface area contributed by atoms with Gasteiger partial charge >= 0.3 is 6.03 Å². The second kappa shape index (κ2) is 12.9. The molecule has 1 heterocycles. The lowest BCUT2D eigenvalue weighted by atomic mass is 9.70. The Morgan fingerprint density at radius 1 is 0.975 bits per heavy atom. The zero-order valence-corrected chi connectivity index (χ0v) is 25.3. The van der Waals surface area contributed by atoms with Crippen molar-refractivity contribution in [2.45, 2.75) is 129 Å². The molecular formula is C30H51N5O5. The van der Waals surface area contributed by atoms with Gasteiger partial charge in [-0.05, 0) is 69.6 Å². The van der Waals surface area contributed by atoms with Crippen LogP contribution in [0.3, 0.4) is 0 Å². The Bertz CT molecular complexity index is 964. The SMILES string of the molecule is CC(C)[C@@H]1C[C@@H](C(=O)NC(CC2CCC2)C(=O)C(N)=O)N(C(=O)[C@@H](NC(=O)NC(C)(C)C)C2(C)CCCCC2)C1. The number of ketones is 1. The van der Waals surface area contributed by atoms with Crippen LogP contribution in [0.15, 0.2) is 0 Å². The number of hydrogen-bond acceptors (Lipinski definition) is 5. The number of carbonyl (C=O) groups excluding carboxylic acids is 5. The molecule has 0 bridgehead atoms. The van der Waals surface area contributed by atoms with E-state index in [1.165, 1.54) is 0 Å². The van der Waals surface area contributed by atoms with Crippen LogP contribution in [-0.2, 0) is 19.2 Å². The van der Waals surface area contributed by atoms with Crippen molar-refractivity contribution >= 4 is 29.5 Å². The van der Waals surface area contributed by atoms with E-state index in [1.54, 1.807) is 4.90 Å². The fourth-order valence-corrected chi connectivity index (χ4v) is 6.43. The molecule has 5 amide bonds. The third kappa shape index (κ3) is 7.97. The van der Waals surface area contributed by atoms with Gasteiger partial charge in [-0.15, -0.1) is 0 Å². The van der Waals surface area contributed by atoms with Gasteiger partial charge in [0.15, 0.2) is 0 Å². The van der Waals surface area contributed by atoms with Gasteiger partial charge in [-0.3, -0.25) is 19.2 Å². The van der Waals surface area contributed by atoms with E-state index < -0.39 is 52.7 Å². The first kappa shape index (κ1) is 31.9. The molecule has 3 fully saturated rings. The van der Waals surface area contributed by atoms with E-state index in [0.717, 1.165) is 51.4 Å². The minimum Gasteiger partial charge on any atom is -0.363 e. The lowest BCUT2D eigenvalue weighted by Gasteiger charge is -2.42. The predicted octanol–water partition coefficient (Wildman–Crippen LogP) is 3.03. The van der Waals surface area contributed by atoms with Crippen LogP contribution in [0.5, 0.6) is 0 Å². The molecule has 10 heteroatoms. The van der Waals surface area contributed by atoms with Crippen molar-refractivity contribution < 1.29 is 24.0 Å². The van der Waals surface area contributed by atoms with Crippen LogP contribution in [-0.4, -0.2) is 64.6 Å². The van der Waals surface area contributed by atoms with Crippen LogP contribution in [0, 0.1) is 23.2 Å². The maximum Gasteiger partial charge on any atom is 0.315 e. The summed E-state index contributed by atoms with van der Waals surface area (Å²) in [7, 11) is 0. The average Bonchev–Trinajstić information content (AvgIpc) is 3.28. The average molecular weight is 562 g/mol. The lowest BCUT2D eigenvalue weighted by Crippen LogP contribution is -2.62. The largest absolute Gasteiger partial charge is 0.363 e. The Morgan fingerprint density at radius 2 is 1.60 bits per heavy atom. The Balaban J connectivity index is 1.88. The molecule has 4 atom stereocenters. The van der Waals surface area contributed by atoms with Gasteiger partial charge in [0.1, 0.15) is 12.1 Å². The molecule has 40 heavy (non-hydrogen) atoms. The van der Waals surface area contributed by atoms with Crippen molar-refractivity contribution in [3.63, 3.8) is 0 Å². The Labute approximate surface area is 239 Å². The van der Waals surface area contributed by atoms with E-state index in [4.69, 9.17) is 5.73 Å². The number of primary amides is 1. The number of nitrogens with two attached hydrogens (primary N) is 1. The smallest absolute Gasteiger partial charge is 0.315 e. The number of rotatable bonds is 10. The molecule has 3 rings (SSSR count). The van der Waals surface area contributed by atoms with Gasteiger partial charge in [-0.1, -0.05) is 59.3 Å². The van der Waals surface area contributed by atoms with Gasteiger partial charge in [0.25, 0.3) is 5.91 Å². The van der Waals surface area contributed by atoms with Crippen LogP contribution >= 0.6 is 0 Å². The topological polar surface area (TPSA) is 151 Å². The number of likely N-dealkylation sites (tertiary alicyclic amines) is 1. The van der Waals surface area contributed by atoms with Crippen molar-refractivity contribution in [3.05, 3.63) is 0 Å². The van der Waals surface area contributed by atoms with Crippen LogP contribution in [0.4, 0.5) is 4.79 Å². The molecule has 0 aromatic carbocycles. The summed E-state index contributed by atoms with van der Waals surface area (Å²) in [5, 5.41) is 8.70. The molecule has 3 aliphatic rings. The summed E-state index contributed by atoms with van der Waals surface area (Å²) >= 11 is 0. The molecule has 226 valence electrons. The highest BCUT2D eigenvalue weighted by Gasteiger charge is 2.49. The monoisotopic (exact) mass is 561 g/mol. The minimum absolute atomic E-state index is 0.0832. The highest BCUT2D eigenvalue weighted by Crippen LogP contribution is 2.41.